The number of terminal acetylenes is 1. The van der Waals surface area contributed by atoms with Gasteiger partial charge >= 0.3 is 0 Å². The Morgan fingerprint density at radius 2 is 2.30 bits per heavy atom. The molecular weight excluding hydrogens is 330 g/mol. The van der Waals surface area contributed by atoms with Crippen LogP contribution >= 0.6 is 11.3 Å². The summed E-state index contributed by atoms with van der Waals surface area (Å²) in [6.07, 6.45) is 10.6. The van der Waals surface area contributed by atoms with E-state index >= 15 is 0 Å². The summed E-state index contributed by atoms with van der Waals surface area (Å²) in [5.41, 5.74) is 1.64. The summed E-state index contributed by atoms with van der Waals surface area (Å²) in [6.45, 7) is 2.02. The van der Waals surface area contributed by atoms with Gasteiger partial charge in [0.25, 0.3) is 0 Å². The molecule has 0 spiro atoms. The zero-order valence-corrected chi connectivity index (χ0v) is 14.6. The van der Waals surface area contributed by atoms with E-state index in [4.69, 9.17) is 6.42 Å². The van der Waals surface area contributed by atoms with Crippen LogP contribution in [-0.2, 0) is 15.6 Å². The van der Waals surface area contributed by atoms with Gasteiger partial charge in [0.2, 0.25) is 5.91 Å². The molecule has 2 aromatic rings. The molecule has 0 saturated carbocycles. The van der Waals surface area contributed by atoms with Crippen molar-refractivity contribution in [3.63, 3.8) is 0 Å². The second kappa shape index (κ2) is 7.99. The molecule has 23 heavy (non-hydrogen) atoms. The van der Waals surface area contributed by atoms with Gasteiger partial charge in [-0.1, -0.05) is 17.3 Å². The van der Waals surface area contributed by atoms with Gasteiger partial charge in [-0.2, -0.15) is 0 Å². The summed E-state index contributed by atoms with van der Waals surface area (Å²) in [5, 5.41) is 1.52. The molecular formula is C16H17N3O2S2. The summed E-state index contributed by atoms with van der Waals surface area (Å²) in [7, 11) is -1.01. The molecule has 0 fully saturated rings. The lowest BCUT2D eigenvalue weighted by Gasteiger charge is -2.18. The molecule has 2 rings (SSSR count). The zero-order valence-electron chi connectivity index (χ0n) is 13.0. The third-order valence-electron chi connectivity index (χ3n) is 3.08. The van der Waals surface area contributed by atoms with Crippen LogP contribution in [0, 0.1) is 19.3 Å². The Balaban J connectivity index is 2.29. The number of nitrogens with zero attached hydrogens (tertiary/aromatic N) is 3. The SMILES string of the molecule is C#CCN(C(=O)CCS(C)=O)c1sc(-c2cccnc2)nc1C. The van der Waals surface area contributed by atoms with E-state index in [1.807, 2.05) is 19.1 Å². The van der Waals surface area contributed by atoms with Crippen LogP contribution in [0.5, 0.6) is 0 Å². The molecule has 1 unspecified atom stereocenters. The van der Waals surface area contributed by atoms with Crippen molar-refractivity contribution in [1.82, 2.24) is 9.97 Å². The average molecular weight is 347 g/mol. The largest absolute Gasteiger partial charge is 0.290 e. The van der Waals surface area contributed by atoms with Gasteiger partial charge in [-0.15, -0.1) is 6.42 Å². The molecule has 2 aromatic heterocycles. The number of hydrogen-bond acceptors (Lipinski definition) is 5. The van der Waals surface area contributed by atoms with E-state index in [0.717, 1.165) is 21.3 Å². The van der Waals surface area contributed by atoms with Gasteiger partial charge in [0.05, 0.1) is 12.2 Å². The molecule has 0 aliphatic carbocycles. The molecule has 0 aromatic carbocycles. The quantitative estimate of drug-likeness (QED) is 0.752. The van der Waals surface area contributed by atoms with Gasteiger partial charge in [0, 0.05) is 47.2 Å². The highest BCUT2D eigenvalue weighted by Gasteiger charge is 2.21. The van der Waals surface area contributed by atoms with E-state index in [9.17, 15) is 9.00 Å². The van der Waals surface area contributed by atoms with Crippen LogP contribution in [-0.4, -0.2) is 38.6 Å². The standard InChI is InChI=1S/C16H17N3O2S2/c1-4-9-19(14(20)7-10-23(3)21)16-12(2)18-15(22-16)13-6-5-8-17-11-13/h1,5-6,8,11H,7,9-10H2,2-3H3. The highest BCUT2D eigenvalue weighted by atomic mass is 32.2. The number of amides is 1. The lowest BCUT2D eigenvalue weighted by molar-refractivity contribution is -0.118. The van der Waals surface area contributed by atoms with Crippen LogP contribution in [0.1, 0.15) is 12.1 Å². The van der Waals surface area contributed by atoms with Gasteiger partial charge < -0.3 is 0 Å². The van der Waals surface area contributed by atoms with Crippen LogP contribution in [0.25, 0.3) is 10.6 Å². The molecule has 0 aliphatic heterocycles. The van der Waals surface area contributed by atoms with Crippen molar-refractivity contribution in [3.05, 3.63) is 30.2 Å². The zero-order chi connectivity index (χ0) is 16.8. The van der Waals surface area contributed by atoms with Gasteiger partial charge in [-0.3, -0.25) is 18.9 Å². The number of anilines is 1. The summed E-state index contributed by atoms with van der Waals surface area (Å²) in [5.74, 6) is 2.70. The number of rotatable bonds is 6. The maximum atomic E-state index is 12.4. The maximum Gasteiger partial charge on any atom is 0.229 e. The predicted octanol–water partition coefficient (Wildman–Crippen LogP) is 2.25. The Morgan fingerprint density at radius 3 is 2.91 bits per heavy atom. The first kappa shape index (κ1) is 17.3. The fourth-order valence-corrected chi connectivity index (χ4v) is 3.52. The minimum atomic E-state index is -1.01. The summed E-state index contributed by atoms with van der Waals surface area (Å²) in [6, 6.07) is 3.76. The Morgan fingerprint density at radius 1 is 1.52 bits per heavy atom. The lowest BCUT2D eigenvalue weighted by Crippen LogP contribution is -2.32. The molecule has 7 heteroatoms. The highest BCUT2D eigenvalue weighted by Crippen LogP contribution is 2.34. The van der Waals surface area contributed by atoms with Crippen LogP contribution < -0.4 is 4.90 Å². The minimum absolute atomic E-state index is 0.136. The van der Waals surface area contributed by atoms with Gasteiger partial charge in [-0.05, 0) is 19.1 Å². The molecule has 120 valence electrons. The van der Waals surface area contributed by atoms with Crippen LogP contribution in [0.15, 0.2) is 24.5 Å². The van der Waals surface area contributed by atoms with Crippen molar-refractivity contribution in [1.29, 1.82) is 0 Å². The van der Waals surface area contributed by atoms with E-state index in [1.165, 1.54) is 11.3 Å². The molecule has 2 heterocycles. The average Bonchev–Trinajstić information content (AvgIpc) is 2.93. The first-order chi connectivity index (χ1) is 11.0. The highest BCUT2D eigenvalue weighted by molar-refractivity contribution is 7.84. The smallest absolute Gasteiger partial charge is 0.229 e. The first-order valence-corrected chi connectivity index (χ1v) is 9.49. The van der Waals surface area contributed by atoms with Crippen LogP contribution in [0.4, 0.5) is 5.00 Å². The van der Waals surface area contributed by atoms with Crippen molar-refractivity contribution >= 4 is 33.0 Å². The Hall–Kier alpha value is -2.04. The fraction of sp³-hybridized carbons (Fsp3) is 0.312. The van der Waals surface area contributed by atoms with Gasteiger partial charge in [-0.25, -0.2) is 4.98 Å². The summed E-state index contributed by atoms with van der Waals surface area (Å²) >= 11 is 1.41. The molecule has 0 N–H and O–H groups in total. The minimum Gasteiger partial charge on any atom is -0.290 e. The molecule has 0 saturated heterocycles. The first-order valence-electron chi connectivity index (χ1n) is 6.94. The Bertz CT molecular complexity index is 750. The van der Waals surface area contributed by atoms with Crippen molar-refractivity contribution in [3.8, 4) is 22.9 Å². The third kappa shape index (κ3) is 4.47. The topological polar surface area (TPSA) is 63.2 Å². The van der Waals surface area contributed by atoms with Crippen molar-refractivity contribution < 1.29 is 9.00 Å². The normalized spacial score (nSPS) is 11.7. The molecule has 1 atom stereocenters. The third-order valence-corrected chi connectivity index (χ3v) is 5.09. The van der Waals surface area contributed by atoms with E-state index in [0.29, 0.717) is 5.75 Å². The van der Waals surface area contributed by atoms with E-state index in [-0.39, 0.29) is 18.9 Å². The monoisotopic (exact) mass is 347 g/mol. The molecule has 0 bridgehead atoms. The van der Waals surface area contributed by atoms with Crippen LogP contribution in [0.2, 0.25) is 0 Å². The molecule has 5 nitrogen and oxygen atoms in total. The van der Waals surface area contributed by atoms with E-state index < -0.39 is 10.8 Å². The lowest BCUT2D eigenvalue weighted by atomic mass is 10.3. The van der Waals surface area contributed by atoms with Crippen molar-refractivity contribution in [2.45, 2.75) is 13.3 Å². The van der Waals surface area contributed by atoms with Crippen molar-refractivity contribution in [2.24, 2.45) is 0 Å². The van der Waals surface area contributed by atoms with Crippen LogP contribution in [0.3, 0.4) is 0 Å². The molecule has 0 aliphatic rings. The second-order valence-electron chi connectivity index (χ2n) is 4.86. The Kier molecular flexibility index (Phi) is 6.02. The number of aromatic nitrogens is 2. The van der Waals surface area contributed by atoms with Crippen molar-refractivity contribution in [2.75, 3.05) is 23.5 Å². The fourth-order valence-electron chi connectivity index (χ4n) is 1.98. The van der Waals surface area contributed by atoms with E-state index in [1.54, 1.807) is 23.5 Å². The second-order valence-corrected chi connectivity index (χ2v) is 7.39. The van der Waals surface area contributed by atoms with E-state index in [2.05, 4.69) is 15.9 Å². The summed E-state index contributed by atoms with van der Waals surface area (Å²) < 4.78 is 11.2. The number of pyridine rings is 1. The molecule has 1 amide bonds. The molecule has 0 radical (unpaired) electrons. The number of carbonyl (C=O) groups excluding carboxylic acids is 1. The van der Waals surface area contributed by atoms with Gasteiger partial charge in [0.15, 0.2) is 0 Å². The number of aryl methyl sites for hydroxylation is 1. The summed E-state index contributed by atoms with van der Waals surface area (Å²) in [4.78, 5) is 22.5. The number of thiazole rings is 1. The maximum absolute atomic E-state index is 12.4. The predicted molar refractivity (Wildman–Crippen MR) is 94.8 cm³/mol. The Labute approximate surface area is 142 Å². The number of hydrogen-bond donors (Lipinski definition) is 0. The number of carbonyl (C=O) groups is 1. The van der Waals surface area contributed by atoms with Gasteiger partial charge in [0.1, 0.15) is 10.0 Å².